The van der Waals surface area contributed by atoms with Crippen LogP contribution >= 0.6 is 0 Å². The van der Waals surface area contributed by atoms with Crippen molar-refractivity contribution in [3.8, 4) is 0 Å². The number of hydrogen-bond donors (Lipinski definition) is 2. The molecule has 0 aromatic heterocycles. The third kappa shape index (κ3) is 2.12. The molecule has 0 heterocycles. The molecular formula is C11H20O2. The lowest BCUT2D eigenvalue weighted by molar-refractivity contribution is -0.00666. The van der Waals surface area contributed by atoms with Crippen LogP contribution in [0.3, 0.4) is 0 Å². The molecule has 0 aromatic rings. The third-order valence-corrected chi connectivity index (χ3v) is 3.43. The van der Waals surface area contributed by atoms with Gasteiger partial charge in [-0.25, -0.2) is 0 Å². The quantitative estimate of drug-likeness (QED) is 0.656. The first kappa shape index (κ1) is 10.7. The SMILES string of the molecule is C=C[C@]1(C)CCC[C@@H](O)[C@H]1CCO. The molecule has 1 fully saturated rings. The first-order valence-electron chi connectivity index (χ1n) is 5.06. The summed E-state index contributed by atoms with van der Waals surface area (Å²) < 4.78 is 0. The standard InChI is InChI=1S/C11H20O2/c1-3-11(2)7-4-5-10(13)9(11)6-8-12/h3,9-10,12-13H,1,4-8H2,2H3/t9-,10-,11-/m1/s1. The van der Waals surface area contributed by atoms with E-state index in [0.29, 0.717) is 6.42 Å². The molecule has 0 aliphatic heterocycles. The van der Waals surface area contributed by atoms with Gasteiger partial charge in [0.1, 0.15) is 0 Å². The monoisotopic (exact) mass is 184 g/mol. The first-order chi connectivity index (χ1) is 6.14. The van der Waals surface area contributed by atoms with E-state index < -0.39 is 0 Å². The average molecular weight is 184 g/mol. The van der Waals surface area contributed by atoms with Crippen molar-refractivity contribution in [3.63, 3.8) is 0 Å². The summed E-state index contributed by atoms with van der Waals surface area (Å²) in [6.45, 7) is 6.12. The van der Waals surface area contributed by atoms with Crippen LogP contribution in [0.25, 0.3) is 0 Å². The fraction of sp³-hybridized carbons (Fsp3) is 0.818. The van der Waals surface area contributed by atoms with Crippen LogP contribution in [0.15, 0.2) is 12.7 Å². The van der Waals surface area contributed by atoms with E-state index in [9.17, 15) is 5.11 Å². The molecule has 0 amide bonds. The molecule has 0 radical (unpaired) electrons. The summed E-state index contributed by atoms with van der Waals surface area (Å²) in [6, 6.07) is 0. The van der Waals surface area contributed by atoms with Gasteiger partial charge in [-0.3, -0.25) is 0 Å². The predicted molar refractivity (Wildman–Crippen MR) is 53.4 cm³/mol. The van der Waals surface area contributed by atoms with E-state index in [-0.39, 0.29) is 24.0 Å². The van der Waals surface area contributed by atoms with Crippen molar-refractivity contribution in [1.82, 2.24) is 0 Å². The van der Waals surface area contributed by atoms with Crippen molar-refractivity contribution < 1.29 is 10.2 Å². The van der Waals surface area contributed by atoms with Gasteiger partial charge in [0.05, 0.1) is 6.10 Å². The Morgan fingerprint density at radius 2 is 2.31 bits per heavy atom. The van der Waals surface area contributed by atoms with Gasteiger partial charge in [-0.05, 0) is 30.6 Å². The Kier molecular flexibility index (Phi) is 3.51. The normalized spacial score (nSPS) is 40.2. The van der Waals surface area contributed by atoms with Crippen molar-refractivity contribution in [3.05, 3.63) is 12.7 Å². The molecule has 3 atom stereocenters. The molecule has 1 saturated carbocycles. The Labute approximate surface area is 80.3 Å². The van der Waals surface area contributed by atoms with E-state index in [1.807, 2.05) is 6.08 Å². The molecule has 0 bridgehead atoms. The molecule has 0 saturated heterocycles. The second kappa shape index (κ2) is 4.25. The fourth-order valence-electron chi connectivity index (χ4n) is 2.43. The van der Waals surface area contributed by atoms with E-state index in [4.69, 9.17) is 5.11 Å². The van der Waals surface area contributed by atoms with Gasteiger partial charge in [-0.1, -0.05) is 19.4 Å². The van der Waals surface area contributed by atoms with Crippen LogP contribution in [0, 0.1) is 11.3 Å². The minimum Gasteiger partial charge on any atom is -0.396 e. The van der Waals surface area contributed by atoms with Crippen LogP contribution in [-0.4, -0.2) is 22.9 Å². The van der Waals surface area contributed by atoms with Crippen molar-refractivity contribution in [2.75, 3.05) is 6.61 Å². The molecular weight excluding hydrogens is 164 g/mol. The highest BCUT2D eigenvalue weighted by Crippen LogP contribution is 2.43. The maximum Gasteiger partial charge on any atom is 0.0577 e. The smallest absolute Gasteiger partial charge is 0.0577 e. The van der Waals surface area contributed by atoms with Crippen molar-refractivity contribution in [2.45, 2.75) is 38.7 Å². The van der Waals surface area contributed by atoms with Gasteiger partial charge < -0.3 is 10.2 Å². The number of rotatable bonds is 3. The fourth-order valence-corrected chi connectivity index (χ4v) is 2.43. The third-order valence-electron chi connectivity index (χ3n) is 3.43. The lowest BCUT2D eigenvalue weighted by atomic mass is 9.65. The second-order valence-corrected chi connectivity index (χ2v) is 4.29. The van der Waals surface area contributed by atoms with E-state index in [1.165, 1.54) is 0 Å². The van der Waals surface area contributed by atoms with Gasteiger partial charge in [0.2, 0.25) is 0 Å². The van der Waals surface area contributed by atoms with Gasteiger partial charge >= 0.3 is 0 Å². The van der Waals surface area contributed by atoms with Crippen LogP contribution in [0.4, 0.5) is 0 Å². The highest BCUT2D eigenvalue weighted by Gasteiger charge is 2.38. The summed E-state index contributed by atoms with van der Waals surface area (Å²) in [7, 11) is 0. The Morgan fingerprint density at radius 1 is 1.62 bits per heavy atom. The summed E-state index contributed by atoms with van der Waals surface area (Å²) in [6.07, 6.45) is 5.38. The van der Waals surface area contributed by atoms with Crippen LogP contribution in [0.2, 0.25) is 0 Å². The molecule has 2 heteroatoms. The van der Waals surface area contributed by atoms with Crippen molar-refractivity contribution in [2.24, 2.45) is 11.3 Å². The number of hydrogen-bond acceptors (Lipinski definition) is 2. The lowest BCUT2D eigenvalue weighted by Gasteiger charge is -2.42. The first-order valence-corrected chi connectivity index (χ1v) is 5.06. The molecule has 13 heavy (non-hydrogen) atoms. The van der Waals surface area contributed by atoms with E-state index in [1.54, 1.807) is 0 Å². The molecule has 0 aromatic carbocycles. The summed E-state index contributed by atoms with van der Waals surface area (Å²) in [4.78, 5) is 0. The summed E-state index contributed by atoms with van der Waals surface area (Å²) in [5.41, 5.74) is 0.0143. The maximum absolute atomic E-state index is 9.81. The largest absolute Gasteiger partial charge is 0.396 e. The van der Waals surface area contributed by atoms with E-state index >= 15 is 0 Å². The highest BCUT2D eigenvalue weighted by atomic mass is 16.3. The number of aliphatic hydroxyl groups is 2. The van der Waals surface area contributed by atoms with Gasteiger partial charge in [-0.15, -0.1) is 6.58 Å². The molecule has 1 aliphatic rings. The van der Waals surface area contributed by atoms with Gasteiger partial charge in [0.25, 0.3) is 0 Å². The minimum absolute atomic E-state index is 0.0143. The molecule has 1 aliphatic carbocycles. The van der Waals surface area contributed by atoms with Gasteiger partial charge in [0.15, 0.2) is 0 Å². The van der Waals surface area contributed by atoms with Crippen molar-refractivity contribution >= 4 is 0 Å². The summed E-state index contributed by atoms with van der Waals surface area (Å²) >= 11 is 0. The van der Waals surface area contributed by atoms with Crippen LogP contribution in [-0.2, 0) is 0 Å². The Bertz CT molecular complexity index is 179. The number of allylic oxidation sites excluding steroid dienone is 1. The van der Waals surface area contributed by atoms with Gasteiger partial charge in [0, 0.05) is 6.61 Å². The molecule has 0 spiro atoms. The predicted octanol–water partition coefficient (Wildman–Crippen LogP) is 1.72. The van der Waals surface area contributed by atoms with Crippen LogP contribution < -0.4 is 0 Å². The van der Waals surface area contributed by atoms with Crippen LogP contribution in [0.5, 0.6) is 0 Å². The number of aliphatic hydroxyl groups excluding tert-OH is 2. The molecule has 0 unspecified atom stereocenters. The zero-order valence-electron chi connectivity index (χ0n) is 8.37. The topological polar surface area (TPSA) is 40.5 Å². The van der Waals surface area contributed by atoms with Crippen molar-refractivity contribution in [1.29, 1.82) is 0 Å². The average Bonchev–Trinajstić information content (AvgIpc) is 2.12. The molecule has 2 nitrogen and oxygen atoms in total. The molecule has 76 valence electrons. The Balaban J connectivity index is 2.73. The van der Waals surface area contributed by atoms with Crippen LogP contribution in [0.1, 0.15) is 32.6 Å². The Hall–Kier alpha value is -0.340. The zero-order valence-corrected chi connectivity index (χ0v) is 8.37. The highest BCUT2D eigenvalue weighted by molar-refractivity contribution is 5.01. The van der Waals surface area contributed by atoms with Gasteiger partial charge in [-0.2, -0.15) is 0 Å². The Morgan fingerprint density at radius 3 is 2.85 bits per heavy atom. The summed E-state index contributed by atoms with van der Waals surface area (Å²) in [5.74, 6) is 0.184. The minimum atomic E-state index is -0.260. The zero-order chi connectivity index (χ0) is 9.90. The molecule has 2 N–H and O–H groups in total. The van der Waals surface area contributed by atoms with E-state index in [2.05, 4.69) is 13.5 Å². The summed E-state index contributed by atoms with van der Waals surface area (Å²) in [5, 5.41) is 18.7. The lowest BCUT2D eigenvalue weighted by Crippen LogP contribution is -2.39. The molecule has 1 rings (SSSR count). The van der Waals surface area contributed by atoms with E-state index in [0.717, 1.165) is 19.3 Å². The maximum atomic E-state index is 9.81. The second-order valence-electron chi connectivity index (χ2n) is 4.29.